The molecule has 1 aliphatic carbocycles. The third-order valence-electron chi connectivity index (χ3n) is 1.77. The molecule has 1 N–H and O–H groups in total. The summed E-state index contributed by atoms with van der Waals surface area (Å²) in [7, 11) is 0. The van der Waals surface area contributed by atoms with Crippen LogP contribution in [0.15, 0.2) is 21.9 Å². The molecule has 0 unspecified atom stereocenters. The third kappa shape index (κ3) is 0.790. The Bertz CT molecular complexity index is 312. The molecular weight excluding hydrogens is 144 g/mol. The predicted octanol–water partition coefficient (Wildman–Crippen LogP) is 0.602. The van der Waals surface area contributed by atoms with E-state index < -0.39 is 5.97 Å². The van der Waals surface area contributed by atoms with Gasteiger partial charge >= 0.3 is 5.97 Å². The lowest BCUT2D eigenvalue weighted by Crippen LogP contribution is -2.14. The van der Waals surface area contributed by atoms with Crippen LogP contribution in [0.25, 0.3) is 0 Å². The van der Waals surface area contributed by atoms with Crippen molar-refractivity contribution >= 4 is 17.4 Å². The van der Waals surface area contributed by atoms with E-state index in [1.165, 1.54) is 0 Å². The molecule has 0 saturated carbocycles. The Kier molecular flexibility index (Phi) is 1.15. The van der Waals surface area contributed by atoms with Gasteiger partial charge in [0.05, 0.1) is 5.71 Å². The summed E-state index contributed by atoms with van der Waals surface area (Å²) in [6.45, 7) is 0. The van der Waals surface area contributed by atoms with Crippen LogP contribution in [0, 0.1) is 0 Å². The molecule has 1 aliphatic heterocycles. The normalized spacial score (nSPS) is 20.5. The first-order chi connectivity index (χ1) is 5.29. The van der Waals surface area contributed by atoms with Gasteiger partial charge in [-0.05, 0) is 12.8 Å². The van der Waals surface area contributed by atoms with Gasteiger partial charge in [-0.25, -0.2) is 4.79 Å². The Morgan fingerprint density at radius 1 is 1.55 bits per heavy atom. The molecule has 4 heteroatoms. The van der Waals surface area contributed by atoms with Crippen LogP contribution in [0.2, 0.25) is 0 Å². The number of hydrogen-bond acceptors (Lipinski definition) is 3. The minimum Gasteiger partial charge on any atom is -0.476 e. The molecule has 0 radical (unpaired) electrons. The van der Waals surface area contributed by atoms with Gasteiger partial charge in [-0.1, -0.05) is 6.08 Å². The Morgan fingerprint density at radius 3 is 3.09 bits per heavy atom. The van der Waals surface area contributed by atoms with E-state index >= 15 is 0 Å². The Balaban J connectivity index is 2.38. The fourth-order valence-electron chi connectivity index (χ4n) is 1.27. The molecule has 0 aromatic heterocycles. The highest BCUT2D eigenvalue weighted by Gasteiger charge is 2.27. The number of fused-ring (bicyclic) bond motifs is 1. The number of allylic oxidation sites excluding steroid dienone is 1. The molecule has 0 spiro atoms. The van der Waals surface area contributed by atoms with Crippen molar-refractivity contribution in [1.82, 2.24) is 0 Å². The summed E-state index contributed by atoms with van der Waals surface area (Å²) >= 11 is 0. The molecule has 11 heavy (non-hydrogen) atoms. The molecule has 0 aromatic rings. The van der Waals surface area contributed by atoms with Crippen LogP contribution in [-0.4, -0.2) is 22.5 Å². The zero-order valence-corrected chi connectivity index (χ0v) is 5.74. The molecule has 1 heterocycles. The summed E-state index contributed by atoms with van der Waals surface area (Å²) in [6.07, 6.45) is 3.59. The Hall–Kier alpha value is -1.45. The van der Waals surface area contributed by atoms with Gasteiger partial charge in [-0.2, -0.15) is 5.10 Å². The maximum Gasteiger partial charge on any atom is 0.357 e. The van der Waals surface area contributed by atoms with E-state index in [0.717, 1.165) is 24.1 Å². The van der Waals surface area contributed by atoms with Gasteiger partial charge in [-0.15, -0.1) is 5.10 Å². The molecule has 0 aromatic carbocycles. The molecule has 0 fully saturated rings. The quantitative estimate of drug-likeness (QED) is 0.595. The third-order valence-corrected chi connectivity index (χ3v) is 1.77. The minimum atomic E-state index is -0.989. The molecule has 0 amide bonds. The van der Waals surface area contributed by atoms with Crippen LogP contribution >= 0.6 is 0 Å². The summed E-state index contributed by atoms with van der Waals surface area (Å²) in [6, 6.07) is 0. The highest BCUT2D eigenvalue weighted by molar-refractivity contribution is 6.51. The van der Waals surface area contributed by atoms with Gasteiger partial charge in [0.15, 0.2) is 5.71 Å². The van der Waals surface area contributed by atoms with E-state index in [1.807, 2.05) is 6.08 Å². The second-order valence-corrected chi connectivity index (χ2v) is 2.46. The van der Waals surface area contributed by atoms with Crippen LogP contribution in [0.3, 0.4) is 0 Å². The summed E-state index contributed by atoms with van der Waals surface area (Å²) in [5, 5.41) is 15.9. The van der Waals surface area contributed by atoms with Crippen molar-refractivity contribution in [2.24, 2.45) is 10.2 Å². The van der Waals surface area contributed by atoms with E-state index in [0.29, 0.717) is 0 Å². The summed E-state index contributed by atoms with van der Waals surface area (Å²) < 4.78 is 0. The van der Waals surface area contributed by atoms with Crippen molar-refractivity contribution in [1.29, 1.82) is 0 Å². The lowest BCUT2D eigenvalue weighted by Gasteiger charge is -1.91. The van der Waals surface area contributed by atoms with Crippen molar-refractivity contribution in [2.45, 2.75) is 12.8 Å². The predicted molar refractivity (Wildman–Crippen MR) is 39.8 cm³/mol. The van der Waals surface area contributed by atoms with Crippen LogP contribution in [0.5, 0.6) is 0 Å². The summed E-state index contributed by atoms with van der Waals surface area (Å²) in [5.41, 5.74) is 1.64. The molecule has 0 bridgehead atoms. The van der Waals surface area contributed by atoms with Gasteiger partial charge in [0.1, 0.15) is 0 Å². The fourth-order valence-corrected chi connectivity index (χ4v) is 1.27. The Labute approximate surface area is 62.9 Å². The Morgan fingerprint density at radius 2 is 2.36 bits per heavy atom. The molecule has 4 nitrogen and oxygen atoms in total. The first-order valence-corrected chi connectivity index (χ1v) is 3.38. The monoisotopic (exact) mass is 150 g/mol. The number of nitrogens with zero attached hydrogens (tertiary/aromatic N) is 2. The van der Waals surface area contributed by atoms with Gasteiger partial charge in [0.25, 0.3) is 0 Å². The van der Waals surface area contributed by atoms with Crippen molar-refractivity contribution in [3.63, 3.8) is 0 Å². The molecule has 56 valence electrons. The fraction of sp³-hybridized carbons (Fsp3) is 0.286. The van der Waals surface area contributed by atoms with Gasteiger partial charge in [0.2, 0.25) is 0 Å². The molecule has 0 atom stereocenters. The maximum absolute atomic E-state index is 10.5. The highest BCUT2D eigenvalue weighted by atomic mass is 16.4. The number of aliphatic carboxylic acids is 1. The van der Waals surface area contributed by atoms with Crippen molar-refractivity contribution in [3.05, 3.63) is 11.6 Å². The minimum absolute atomic E-state index is 0.0949. The first-order valence-electron chi connectivity index (χ1n) is 3.38. The van der Waals surface area contributed by atoms with Gasteiger partial charge < -0.3 is 5.11 Å². The lowest BCUT2D eigenvalue weighted by molar-refractivity contribution is -0.129. The topological polar surface area (TPSA) is 62.0 Å². The number of rotatable bonds is 1. The smallest absolute Gasteiger partial charge is 0.357 e. The van der Waals surface area contributed by atoms with E-state index in [2.05, 4.69) is 10.2 Å². The standard InChI is InChI=1S/C7H6N2O2/c10-7(11)6-4-2-1-3-5(4)8-9-6/h2H,1,3H2,(H,10,11). The van der Waals surface area contributed by atoms with Crippen molar-refractivity contribution in [3.8, 4) is 0 Å². The number of carboxylic acids is 1. The average molecular weight is 150 g/mol. The zero-order chi connectivity index (χ0) is 7.84. The zero-order valence-electron chi connectivity index (χ0n) is 5.74. The van der Waals surface area contributed by atoms with Crippen LogP contribution in [-0.2, 0) is 4.79 Å². The lowest BCUT2D eigenvalue weighted by atomic mass is 10.1. The van der Waals surface area contributed by atoms with Crippen LogP contribution in [0.4, 0.5) is 0 Å². The molecular formula is C7H6N2O2. The molecule has 2 aliphatic rings. The second kappa shape index (κ2) is 2.02. The highest BCUT2D eigenvalue weighted by Crippen LogP contribution is 2.21. The SMILES string of the molecule is O=C(O)C1=NN=C2CCC=C21. The van der Waals surface area contributed by atoms with Gasteiger partial charge in [0, 0.05) is 5.57 Å². The average Bonchev–Trinajstić information content (AvgIpc) is 2.41. The summed E-state index contributed by atoms with van der Waals surface area (Å²) in [5.74, 6) is -0.989. The van der Waals surface area contributed by atoms with Crippen LogP contribution in [0.1, 0.15) is 12.8 Å². The number of hydrogen-bond donors (Lipinski definition) is 1. The summed E-state index contributed by atoms with van der Waals surface area (Å²) in [4.78, 5) is 10.5. The van der Waals surface area contributed by atoms with Crippen LogP contribution < -0.4 is 0 Å². The van der Waals surface area contributed by atoms with Crippen molar-refractivity contribution in [2.75, 3.05) is 0 Å². The van der Waals surface area contributed by atoms with E-state index in [4.69, 9.17) is 5.11 Å². The van der Waals surface area contributed by atoms with Gasteiger partial charge in [-0.3, -0.25) is 0 Å². The number of carboxylic acid groups (broad SMARTS) is 1. The van der Waals surface area contributed by atoms with E-state index in [9.17, 15) is 4.79 Å². The van der Waals surface area contributed by atoms with Crippen molar-refractivity contribution < 1.29 is 9.90 Å². The molecule has 2 rings (SSSR count). The first kappa shape index (κ1) is 6.27. The number of carbonyl (C=O) groups is 1. The maximum atomic E-state index is 10.5. The molecule has 0 saturated heterocycles. The van der Waals surface area contributed by atoms with E-state index in [-0.39, 0.29) is 5.71 Å². The largest absolute Gasteiger partial charge is 0.476 e. The second-order valence-electron chi connectivity index (χ2n) is 2.46. The van der Waals surface area contributed by atoms with E-state index in [1.54, 1.807) is 0 Å².